The number of amides is 4. The fourth-order valence-corrected chi connectivity index (χ4v) is 4.79. The number of nitrogens with zero attached hydrogens (tertiary/aromatic N) is 2. The highest BCUT2D eigenvalue weighted by Gasteiger charge is 2.31. The van der Waals surface area contributed by atoms with Crippen molar-refractivity contribution >= 4 is 41.5 Å². The van der Waals surface area contributed by atoms with Crippen LogP contribution in [0.4, 0.5) is 0 Å². The number of carboxylic acid groups (broad SMARTS) is 1. The van der Waals surface area contributed by atoms with E-state index in [1.54, 1.807) is 0 Å². The van der Waals surface area contributed by atoms with Crippen molar-refractivity contribution in [1.29, 1.82) is 0 Å². The van der Waals surface area contributed by atoms with E-state index in [9.17, 15) is 29.1 Å². The third-order valence-electron chi connectivity index (χ3n) is 7.60. The minimum Gasteiger partial charge on any atom is -0.480 e. The highest BCUT2D eigenvalue weighted by atomic mass is 16.4. The first-order chi connectivity index (χ1) is 23.8. The van der Waals surface area contributed by atoms with Crippen molar-refractivity contribution < 1.29 is 29.1 Å². The molecule has 0 saturated carbocycles. The van der Waals surface area contributed by atoms with E-state index in [4.69, 9.17) is 45.9 Å². The number of aliphatic imine (C=N–C) groups is 2. The van der Waals surface area contributed by atoms with Crippen LogP contribution in [0.25, 0.3) is 0 Å². The van der Waals surface area contributed by atoms with E-state index >= 15 is 0 Å². The van der Waals surface area contributed by atoms with Crippen LogP contribution in [0.1, 0.15) is 83.5 Å². The maximum atomic E-state index is 13.7. The van der Waals surface area contributed by atoms with Gasteiger partial charge in [-0.2, -0.15) is 0 Å². The van der Waals surface area contributed by atoms with Crippen LogP contribution in [0.2, 0.25) is 0 Å². The molecule has 5 unspecified atom stereocenters. The number of nitrogens with one attached hydrogen (secondary N) is 4. The monoisotopic (exact) mass is 714 g/mol. The summed E-state index contributed by atoms with van der Waals surface area (Å²) < 4.78 is 0. The van der Waals surface area contributed by atoms with Crippen molar-refractivity contribution in [3.05, 3.63) is 0 Å². The van der Waals surface area contributed by atoms with Gasteiger partial charge in [-0.25, -0.2) is 4.79 Å². The molecule has 0 spiro atoms. The second kappa shape index (κ2) is 27.5. The Morgan fingerprint density at radius 2 is 0.800 bits per heavy atom. The quantitative estimate of drug-likeness (QED) is 0.0199. The molecule has 0 radical (unpaired) electrons. The molecular formula is C30H62N14O6. The lowest BCUT2D eigenvalue weighted by Gasteiger charge is -2.26. The van der Waals surface area contributed by atoms with Gasteiger partial charge in [-0.15, -0.1) is 0 Å². The van der Waals surface area contributed by atoms with Crippen molar-refractivity contribution in [3.8, 4) is 0 Å². The minimum absolute atomic E-state index is 0.0540. The smallest absolute Gasteiger partial charge is 0.326 e. The third kappa shape index (κ3) is 21.6. The van der Waals surface area contributed by atoms with Gasteiger partial charge in [0.05, 0.1) is 6.04 Å². The standard InChI is InChI=1S/C30H62N14O6/c31-14-4-1-9-19(34)24(45)41-21(12-7-17-39-29(35)36)26(47)42-20(10-2-5-15-32)25(46)43-22(13-8-18-40-30(37)38)27(48)44-23(28(49)50)11-3-6-16-33/h19-23H,1-18,31-34H2,(H,41,45)(H,42,47)(H,43,46)(H,44,48)(H,49,50)(H4,35,36,39)(H4,37,38,40). The summed E-state index contributed by atoms with van der Waals surface area (Å²) in [7, 11) is 0. The molecule has 5 atom stereocenters. The van der Waals surface area contributed by atoms with Gasteiger partial charge in [-0.3, -0.25) is 29.2 Å². The van der Waals surface area contributed by atoms with E-state index in [0.29, 0.717) is 71.0 Å². The molecule has 0 rings (SSSR count). The van der Waals surface area contributed by atoms with E-state index in [-0.39, 0.29) is 57.1 Å². The van der Waals surface area contributed by atoms with Crippen molar-refractivity contribution in [2.75, 3.05) is 32.7 Å². The van der Waals surface area contributed by atoms with E-state index in [0.717, 1.165) is 0 Å². The topological polar surface area (TPSA) is 387 Å². The molecule has 0 heterocycles. The minimum atomic E-state index is -1.24. The van der Waals surface area contributed by atoms with Gasteiger partial charge in [0.25, 0.3) is 0 Å². The molecule has 0 aliphatic carbocycles. The van der Waals surface area contributed by atoms with Gasteiger partial charge in [0.1, 0.15) is 24.2 Å². The number of hydrogen-bond acceptors (Lipinski definition) is 11. The summed E-state index contributed by atoms with van der Waals surface area (Å²) in [6.45, 7) is 1.48. The number of hydrogen-bond donors (Lipinski definition) is 13. The molecule has 0 aromatic carbocycles. The zero-order chi connectivity index (χ0) is 37.9. The van der Waals surface area contributed by atoms with E-state index in [1.807, 2.05) is 0 Å². The molecule has 20 heteroatoms. The van der Waals surface area contributed by atoms with Crippen LogP contribution in [0.15, 0.2) is 9.98 Å². The molecule has 0 aliphatic rings. The molecule has 288 valence electrons. The van der Waals surface area contributed by atoms with Crippen LogP contribution in [-0.4, -0.2) is 110 Å². The molecular weight excluding hydrogens is 652 g/mol. The van der Waals surface area contributed by atoms with E-state index in [2.05, 4.69) is 31.3 Å². The Kier molecular flexibility index (Phi) is 25.2. The Hall–Kier alpha value is -4.27. The summed E-state index contributed by atoms with van der Waals surface area (Å²) in [4.78, 5) is 73.2. The molecule has 0 aliphatic heterocycles. The summed E-state index contributed by atoms with van der Waals surface area (Å²) in [5.41, 5.74) is 44.4. The summed E-state index contributed by atoms with van der Waals surface area (Å²) >= 11 is 0. The maximum Gasteiger partial charge on any atom is 0.326 e. The number of aliphatic carboxylic acids is 1. The molecule has 0 aromatic heterocycles. The fraction of sp³-hybridized carbons (Fsp3) is 0.767. The van der Waals surface area contributed by atoms with Crippen LogP contribution in [0.5, 0.6) is 0 Å². The Bertz CT molecular complexity index is 1080. The van der Waals surface area contributed by atoms with Crippen LogP contribution in [-0.2, 0) is 24.0 Å². The lowest BCUT2D eigenvalue weighted by Crippen LogP contribution is -2.58. The predicted octanol–water partition coefficient (Wildman–Crippen LogP) is -4.17. The molecule has 20 nitrogen and oxygen atoms in total. The van der Waals surface area contributed by atoms with Gasteiger partial charge >= 0.3 is 5.97 Å². The number of rotatable bonds is 29. The molecule has 21 N–H and O–H groups in total. The number of carbonyl (C=O) groups excluding carboxylic acids is 4. The van der Waals surface area contributed by atoms with E-state index < -0.39 is 59.8 Å². The number of guanidine groups is 2. The molecule has 4 amide bonds. The number of nitrogens with two attached hydrogens (primary N) is 8. The summed E-state index contributed by atoms with van der Waals surface area (Å²) in [5.74, 6) is -4.16. The van der Waals surface area contributed by atoms with Crippen LogP contribution < -0.4 is 67.1 Å². The van der Waals surface area contributed by atoms with Crippen LogP contribution in [0, 0.1) is 0 Å². The SMILES string of the molecule is NCCCCC(N)C(=O)NC(CCCN=C(N)N)C(=O)NC(CCCCN)C(=O)NC(CCCN=C(N)N)C(=O)NC(CCCCN)C(=O)O. The second-order valence-electron chi connectivity index (χ2n) is 11.9. The molecule has 50 heavy (non-hydrogen) atoms. The number of carbonyl (C=O) groups is 5. The van der Waals surface area contributed by atoms with Crippen LogP contribution in [0.3, 0.4) is 0 Å². The lowest BCUT2D eigenvalue weighted by molar-refractivity contribution is -0.142. The molecule has 0 fully saturated rings. The van der Waals surface area contributed by atoms with Gasteiger partial charge < -0.3 is 72.2 Å². The fourth-order valence-electron chi connectivity index (χ4n) is 4.79. The zero-order valence-corrected chi connectivity index (χ0v) is 29.1. The van der Waals surface area contributed by atoms with Crippen molar-refractivity contribution in [2.24, 2.45) is 55.9 Å². The van der Waals surface area contributed by atoms with Gasteiger partial charge in [0.15, 0.2) is 11.9 Å². The van der Waals surface area contributed by atoms with Gasteiger partial charge in [-0.1, -0.05) is 6.42 Å². The van der Waals surface area contributed by atoms with E-state index in [1.165, 1.54) is 0 Å². The van der Waals surface area contributed by atoms with Gasteiger partial charge in [-0.05, 0) is 96.7 Å². The zero-order valence-electron chi connectivity index (χ0n) is 29.1. The Morgan fingerprint density at radius 3 is 1.16 bits per heavy atom. The maximum absolute atomic E-state index is 13.7. The summed E-state index contributed by atoms with van der Waals surface area (Å²) in [6, 6.07) is -5.52. The normalized spacial score (nSPS) is 13.8. The van der Waals surface area contributed by atoms with Crippen molar-refractivity contribution in [3.63, 3.8) is 0 Å². The Balaban J connectivity index is 6.11. The average molecular weight is 715 g/mol. The third-order valence-corrected chi connectivity index (χ3v) is 7.60. The second-order valence-corrected chi connectivity index (χ2v) is 11.9. The van der Waals surface area contributed by atoms with Gasteiger partial charge in [0.2, 0.25) is 23.6 Å². The highest BCUT2D eigenvalue weighted by molar-refractivity contribution is 5.95. The first kappa shape index (κ1) is 45.7. The number of carboxylic acids is 1. The molecule has 0 aromatic rings. The van der Waals surface area contributed by atoms with Crippen molar-refractivity contribution in [1.82, 2.24) is 21.3 Å². The van der Waals surface area contributed by atoms with Crippen LogP contribution >= 0.6 is 0 Å². The summed E-state index contributed by atoms with van der Waals surface area (Å²) in [5, 5.41) is 20.2. The molecule has 0 bridgehead atoms. The largest absolute Gasteiger partial charge is 0.480 e. The Morgan fingerprint density at radius 1 is 0.480 bits per heavy atom. The van der Waals surface area contributed by atoms with Crippen molar-refractivity contribution in [2.45, 2.75) is 114 Å². The average Bonchev–Trinajstić information content (AvgIpc) is 3.05. The first-order valence-electron chi connectivity index (χ1n) is 17.2. The first-order valence-corrected chi connectivity index (χ1v) is 17.2. The number of unbranched alkanes of at least 4 members (excludes halogenated alkanes) is 3. The Labute approximate surface area is 294 Å². The predicted molar refractivity (Wildman–Crippen MR) is 192 cm³/mol. The summed E-state index contributed by atoms with van der Waals surface area (Å²) in [6.07, 6.45) is 4.74. The lowest BCUT2D eigenvalue weighted by atomic mass is 10.0. The highest BCUT2D eigenvalue weighted by Crippen LogP contribution is 2.09. The molecule has 0 saturated heterocycles. The van der Waals surface area contributed by atoms with Gasteiger partial charge in [0, 0.05) is 13.1 Å².